The van der Waals surface area contributed by atoms with Gasteiger partial charge in [0.1, 0.15) is 0 Å². The van der Waals surface area contributed by atoms with Crippen molar-refractivity contribution in [2.75, 3.05) is 16.8 Å². The molecule has 3 heterocycles. The van der Waals surface area contributed by atoms with Crippen molar-refractivity contribution in [3.63, 3.8) is 0 Å². The molecule has 4 rings (SSSR count). The van der Waals surface area contributed by atoms with Gasteiger partial charge in [-0.2, -0.15) is 0 Å². The lowest BCUT2D eigenvalue weighted by Gasteiger charge is -2.10. The highest BCUT2D eigenvalue weighted by Crippen LogP contribution is 2.28. The maximum absolute atomic E-state index is 12.3. The number of hydrogen-bond donors (Lipinski definition) is 1. The van der Waals surface area contributed by atoms with Gasteiger partial charge in [-0.25, -0.2) is 9.97 Å². The van der Waals surface area contributed by atoms with Gasteiger partial charge in [-0.1, -0.05) is 24.3 Å². The molecule has 1 fully saturated rings. The molecule has 1 aromatic carbocycles. The van der Waals surface area contributed by atoms with Gasteiger partial charge in [-0.05, 0) is 30.5 Å². The van der Waals surface area contributed by atoms with E-state index in [0.29, 0.717) is 28.9 Å². The van der Waals surface area contributed by atoms with Gasteiger partial charge in [0, 0.05) is 18.3 Å². The predicted octanol–water partition coefficient (Wildman–Crippen LogP) is 3.62. The second-order valence-electron chi connectivity index (χ2n) is 6.17. The summed E-state index contributed by atoms with van der Waals surface area (Å²) in [6.45, 7) is 2.83. The molecule has 26 heavy (non-hydrogen) atoms. The highest BCUT2D eigenvalue weighted by molar-refractivity contribution is 7.22. The Morgan fingerprint density at radius 1 is 1.35 bits per heavy atom. The van der Waals surface area contributed by atoms with E-state index < -0.39 is 0 Å². The lowest BCUT2D eigenvalue weighted by Crippen LogP contribution is -2.23. The normalized spacial score (nSPS) is 14.3. The van der Waals surface area contributed by atoms with Crippen molar-refractivity contribution in [1.82, 2.24) is 9.97 Å². The Balaban J connectivity index is 1.42. The molecule has 1 saturated heterocycles. The minimum Gasteiger partial charge on any atom is -0.302 e. The quantitative estimate of drug-likeness (QED) is 0.727. The number of nitrogens with zero attached hydrogens (tertiary/aromatic N) is 3. The smallest absolute Gasteiger partial charge is 0.232 e. The van der Waals surface area contributed by atoms with Crippen molar-refractivity contribution in [3.8, 4) is 0 Å². The Kier molecular flexibility index (Phi) is 4.69. The lowest BCUT2D eigenvalue weighted by molar-refractivity contribution is -0.117. The van der Waals surface area contributed by atoms with Crippen LogP contribution in [0.3, 0.4) is 0 Å². The molecule has 2 aromatic heterocycles. The number of anilines is 2. The number of hydrogen-bond acceptors (Lipinski definition) is 6. The van der Waals surface area contributed by atoms with Gasteiger partial charge in [-0.3, -0.25) is 14.5 Å². The Bertz CT molecular complexity index is 979. The Hall–Kier alpha value is -2.32. The first kappa shape index (κ1) is 17.1. The molecule has 0 spiro atoms. The van der Waals surface area contributed by atoms with Gasteiger partial charge >= 0.3 is 0 Å². The third kappa shape index (κ3) is 3.47. The maximum Gasteiger partial charge on any atom is 0.232 e. The highest BCUT2D eigenvalue weighted by atomic mass is 32.1. The summed E-state index contributed by atoms with van der Waals surface area (Å²) in [5.74, 6) is -0.0411. The van der Waals surface area contributed by atoms with E-state index >= 15 is 0 Å². The monoisotopic (exact) mass is 386 g/mol. The molecule has 0 saturated carbocycles. The Morgan fingerprint density at radius 3 is 3.00 bits per heavy atom. The van der Waals surface area contributed by atoms with Gasteiger partial charge in [0.15, 0.2) is 10.3 Å². The second-order valence-corrected chi connectivity index (χ2v) is 8.04. The fourth-order valence-electron chi connectivity index (χ4n) is 2.92. The summed E-state index contributed by atoms with van der Waals surface area (Å²) in [5, 5.41) is 5.98. The summed E-state index contributed by atoms with van der Waals surface area (Å²) < 4.78 is 1.07. The van der Waals surface area contributed by atoms with Gasteiger partial charge < -0.3 is 5.32 Å². The number of carbonyl (C=O) groups excluding carboxylic acids is 2. The van der Waals surface area contributed by atoms with E-state index in [1.54, 1.807) is 4.90 Å². The molecule has 1 aliphatic rings. The molecule has 3 aromatic rings. The number of amides is 2. The first-order valence-electron chi connectivity index (χ1n) is 8.56. The van der Waals surface area contributed by atoms with E-state index in [-0.39, 0.29) is 18.2 Å². The van der Waals surface area contributed by atoms with Crippen molar-refractivity contribution in [2.45, 2.75) is 32.6 Å². The zero-order chi connectivity index (χ0) is 18.1. The summed E-state index contributed by atoms with van der Waals surface area (Å²) in [4.78, 5) is 34.7. The Labute approximate surface area is 158 Å². The molecular weight excluding hydrogens is 368 g/mol. The van der Waals surface area contributed by atoms with Crippen molar-refractivity contribution >= 4 is 55.0 Å². The van der Waals surface area contributed by atoms with Crippen LogP contribution in [0.5, 0.6) is 0 Å². The molecule has 0 atom stereocenters. The molecule has 6 nitrogen and oxygen atoms in total. The Morgan fingerprint density at radius 2 is 2.23 bits per heavy atom. The number of fused-ring (bicyclic) bond motifs is 1. The fourth-order valence-corrected chi connectivity index (χ4v) is 4.74. The SMILES string of the molecule is CCc1ccc2nc(NC(=O)Cc3csc(N4CCCC4=O)n3)sc2c1. The molecule has 1 N–H and O–H groups in total. The van der Waals surface area contributed by atoms with Crippen LogP contribution in [-0.4, -0.2) is 28.3 Å². The predicted molar refractivity (Wildman–Crippen MR) is 105 cm³/mol. The molecular formula is C18H18N4O2S2. The second kappa shape index (κ2) is 7.13. The molecule has 0 unspecified atom stereocenters. The number of rotatable bonds is 5. The summed E-state index contributed by atoms with van der Waals surface area (Å²) in [6.07, 6.45) is 2.59. The molecule has 134 valence electrons. The minimum absolute atomic E-state index is 0.108. The van der Waals surface area contributed by atoms with E-state index in [2.05, 4.69) is 34.3 Å². The van der Waals surface area contributed by atoms with Crippen molar-refractivity contribution in [1.29, 1.82) is 0 Å². The topological polar surface area (TPSA) is 75.2 Å². The zero-order valence-electron chi connectivity index (χ0n) is 14.3. The van der Waals surface area contributed by atoms with Crippen LogP contribution in [-0.2, 0) is 22.4 Å². The summed E-state index contributed by atoms with van der Waals surface area (Å²) in [6, 6.07) is 6.16. The molecule has 2 amide bonds. The van der Waals surface area contributed by atoms with Crippen LogP contribution in [0.25, 0.3) is 10.2 Å². The lowest BCUT2D eigenvalue weighted by atomic mass is 10.2. The van der Waals surface area contributed by atoms with Gasteiger partial charge in [0.25, 0.3) is 0 Å². The number of carbonyl (C=O) groups is 2. The molecule has 1 aliphatic heterocycles. The van der Waals surface area contributed by atoms with E-state index in [4.69, 9.17) is 0 Å². The first-order chi connectivity index (χ1) is 12.6. The van der Waals surface area contributed by atoms with Crippen LogP contribution in [0.4, 0.5) is 10.3 Å². The van der Waals surface area contributed by atoms with E-state index in [1.165, 1.54) is 28.2 Å². The van der Waals surface area contributed by atoms with E-state index in [9.17, 15) is 9.59 Å². The maximum atomic E-state index is 12.3. The number of aromatic nitrogens is 2. The first-order valence-corrected chi connectivity index (χ1v) is 10.3. The van der Waals surface area contributed by atoms with Crippen LogP contribution < -0.4 is 10.2 Å². The summed E-state index contributed by atoms with van der Waals surface area (Å²) in [5.41, 5.74) is 2.83. The van der Waals surface area contributed by atoms with Crippen molar-refractivity contribution < 1.29 is 9.59 Å². The molecule has 0 bridgehead atoms. The van der Waals surface area contributed by atoms with Crippen molar-refractivity contribution in [3.05, 3.63) is 34.8 Å². The van der Waals surface area contributed by atoms with Crippen LogP contribution in [0.2, 0.25) is 0 Å². The number of nitrogens with one attached hydrogen (secondary N) is 1. The summed E-state index contributed by atoms with van der Waals surface area (Å²) in [7, 11) is 0. The zero-order valence-corrected chi connectivity index (χ0v) is 16.0. The standard InChI is InChI=1S/C18H18N4O2S2/c1-2-11-5-6-13-14(8-11)26-17(20-13)21-15(23)9-12-10-25-18(19-12)22-7-3-4-16(22)24/h5-6,8,10H,2-4,7,9H2,1H3,(H,20,21,23). The van der Waals surface area contributed by atoms with Crippen LogP contribution in [0.1, 0.15) is 31.0 Å². The van der Waals surface area contributed by atoms with Crippen LogP contribution >= 0.6 is 22.7 Å². The number of benzene rings is 1. The van der Waals surface area contributed by atoms with Gasteiger partial charge in [0.2, 0.25) is 11.8 Å². The fraction of sp³-hybridized carbons (Fsp3) is 0.333. The number of thiazole rings is 2. The third-order valence-electron chi connectivity index (χ3n) is 4.29. The summed E-state index contributed by atoms with van der Waals surface area (Å²) >= 11 is 2.89. The van der Waals surface area contributed by atoms with Gasteiger partial charge in [-0.15, -0.1) is 11.3 Å². The third-order valence-corrected chi connectivity index (χ3v) is 6.14. The minimum atomic E-state index is -0.149. The molecule has 0 aliphatic carbocycles. The molecule has 8 heteroatoms. The number of aryl methyl sites for hydroxylation is 1. The van der Waals surface area contributed by atoms with Crippen LogP contribution in [0, 0.1) is 0 Å². The molecule has 0 radical (unpaired) electrons. The van der Waals surface area contributed by atoms with Crippen LogP contribution in [0.15, 0.2) is 23.6 Å². The highest BCUT2D eigenvalue weighted by Gasteiger charge is 2.24. The van der Waals surface area contributed by atoms with Gasteiger partial charge in [0.05, 0.1) is 22.3 Å². The average Bonchev–Trinajstić information content (AvgIpc) is 3.33. The average molecular weight is 387 g/mol. The van der Waals surface area contributed by atoms with Crippen molar-refractivity contribution in [2.24, 2.45) is 0 Å². The van der Waals surface area contributed by atoms with E-state index in [1.807, 2.05) is 11.4 Å². The largest absolute Gasteiger partial charge is 0.302 e. The van der Waals surface area contributed by atoms with E-state index in [0.717, 1.165) is 23.1 Å².